The summed E-state index contributed by atoms with van der Waals surface area (Å²) in [4.78, 5) is 6.93. The molecular formula is C21H23F3N4. The largest absolute Gasteiger partial charge is 0.416 e. The SMILES string of the molecule is Cc1ccc2c(c1)C(N1CCCCNCC1)=Nc1cc(C(F)(F)F)ccc1N2. The normalized spacial score (nSPS) is 17.4. The quantitative estimate of drug-likeness (QED) is 0.679. The first-order valence-electron chi connectivity index (χ1n) is 9.55. The van der Waals surface area contributed by atoms with Crippen LogP contribution in [0.1, 0.15) is 29.5 Å². The van der Waals surface area contributed by atoms with Gasteiger partial charge in [0, 0.05) is 30.9 Å². The minimum atomic E-state index is -4.40. The van der Waals surface area contributed by atoms with Crippen molar-refractivity contribution >= 4 is 22.9 Å². The van der Waals surface area contributed by atoms with Gasteiger partial charge in [-0.15, -0.1) is 0 Å². The van der Waals surface area contributed by atoms with E-state index >= 15 is 0 Å². The highest BCUT2D eigenvalue weighted by Crippen LogP contribution is 2.39. The molecule has 0 aromatic heterocycles. The third kappa shape index (κ3) is 3.85. The average molecular weight is 388 g/mol. The third-order valence-electron chi connectivity index (χ3n) is 5.13. The maximum atomic E-state index is 13.2. The van der Waals surface area contributed by atoms with Crippen LogP contribution in [-0.2, 0) is 6.18 Å². The van der Waals surface area contributed by atoms with Crippen LogP contribution in [0.3, 0.4) is 0 Å². The van der Waals surface area contributed by atoms with Gasteiger partial charge in [-0.1, -0.05) is 11.6 Å². The number of nitrogens with one attached hydrogen (secondary N) is 2. The summed E-state index contributed by atoms with van der Waals surface area (Å²) in [5, 5.41) is 6.68. The molecule has 1 fully saturated rings. The number of rotatable bonds is 0. The molecule has 2 aliphatic heterocycles. The summed E-state index contributed by atoms with van der Waals surface area (Å²) in [5.41, 5.74) is 3.07. The van der Waals surface area contributed by atoms with Gasteiger partial charge < -0.3 is 15.5 Å². The molecule has 0 bridgehead atoms. The number of halogens is 3. The number of hydrogen-bond donors (Lipinski definition) is 2. The Morgan fingerprint density at radius 1 is 0.964 bits per heavy atom. The van der Waals surface area contributed by atoms with Crippen molar-refractivity contribution in [1.82, 2.24) is 10.2 Å². The monoisotopic (exact) mass is 388 g/mol. The maximum absolute atomic E-state index is 13.2. The molecule has 2 heterocycles. The first kappa shape index (κ1) is 18.8. The summed E-state index contributed by atoms with van der Waals surface area (Å²) in [6.07, 6.45) is -2.32. The first-order chi connectivity index (χ1) is 13.4. The Balaban J connectivity index is 1.84. The fourth-order valence-electron chi connectivity index (χ4n) is 3.63. The van der Waals surface area contributed by atoms with Crippen LogP contribution in [0.2, 0.25) is 0 Å². The van der Waals surface area contributed by atoms with E-state index in [0.29, 0.717) is 11.4 Å². The van der Waals surface area contributed by atoms with E-state index < -0.39 is 11.7 Å². The molecule has 0 unspecified atom stereocenters. The van der Waals surface area contributed by atoms with Gasteiger partial charge in [-0.3, -0.25) is 0 Å². The Morgan fingerprint density at radius 3 is 2.61 bits per heavy atom. The molecule has 7 heteroatoms. The van der Waals surface area contributed by atoms with Gasteiger partial charge in [0.25, 0.3) is 0 Å². The van der Waals surface area contributed by atoms with Gasteiger partial charge in [0.05, 0.1) is 16.9 Å². The lowest BCUT2D eigenvalue weighted by molar-refractivity contribution is -0.137. The standard InChI is InChI=1S/C21H23F3N4/c1-14-4-6-17-16(12-14)20(28-10-3-2-8-25-9-11-28)27-19-13-15(21(22,23)24)5-7-18(19)26-17/h4-7,12-13,25-26H,2-3,8-11H2,1H3. The topological polar surface area (TPSA) is 39.7 Å². The molecule has 2 aromatic carbocycles. The molecule has 0 radical (unpaired) electrons. The summed E-state index contributed by atoms with van der Waals surface area (Å²) >= 11 is 0. The first-order valence-corrected chi connectivity index (χ1v) is 9.55. The molecule has 1 saturated heterocycles. The van der Waals surface area contributed by atoms with Crippen LogP contribution in [0.15, 0.2) is 41.4 Å². The predicted molar refractivity (Wildman–Crippen MR) is 106 cm³/mol. The number of benzene rings is 2. The van der Waals surface area contributed by atoms with Crippen molar-refractivity contribution < 1.29 is 13.2 Å². The van der Waals surface area contributed by atoms with E-state index in [9.17, 15) is 13.2 Å². The number of amidine groups is 1. The molecule has 4 nitrogen and oxygen atoms in total. The van der Waals surface area contributed by atoms with Crippen molar-refractivity contribution in [3.05, 3.63) is 53.1 Å². The van der Waals surface area contributed by atoms with Crippen LogP contribution in [0, 0.1) is 6.92 Å². The number of aryl methyl sites for hydroxylation is 1. The van der Waals surface area contributed by atoms with Crippen molar-refractivity contribution in [3.63, 3.8) is 0 Å². The van der Waals surface area contributed by atoms with E-state index in [0.717, 1.165) is 73.8 Å². The highest BCUT2D eigenvalue weighted by molar-refractivity contribution is 6.07. The van der Waals surface area contributed by atoms with Gasteiger partial charge in [0.2, 0.25) is 0 Å². The highest BCUT2D eigenvalue weighted by Gasteiger charge is 2.32. The maximum Gasteiger partial charge on any atom is 0.416 e. The van der Waals surface area contributed by atoms with Crippen molar-refractivity contribution in [1.29, 1.82) is 0 Å². The molecule has 0 aliphatic carbocycles. The molecule has 4 rings (SSSR count). The molecule has 148 valence electrons. The lowest BCUT2D eigenvalue weighted by Crippen LogP contribution is -2.40. The summed E-state index contributed by atoms with van der Waals surface area (Å²) in [6, 6.07) is 9.69. The molecule has 2 aromatic rings. The Morgan fingerprint density at radius 2 is 1.79 bits per heavy atom. The van der Waals surface area contributed by atoms with Gasteiger partial charge in [0.1, 0.15) is 5.84 Å². The van der Waals surface area contributed by atoms with Crippen molar-refractivity contribution in [3.8, 4) is 0 Å². The molecule has 28 heavy (non-hydrogen) atoms. The van der Waals surface area contributed by atoms with Crippen LogP contribution >= 0.6 is 0 Å². The molecule has 2 aliphatic rings. The number of alkyl halides is 3. The van der Waals surface area contributed by atoms with Crippen molar-refractivity contribution in [2.75, 3.05) is 31.5 Å². The van der Waals surface area contributed by atoms with Crippen LogP contribution in [0.4, 0.5) is 30.2 Å². The van der Waals surface area contributed by atoms with Gasteiger partial charge in [-0.25, -0.2) is 4.99 Å². The van der Waals surface area contributed by atoms with E-state index in [2.05, 4.69) is 15.5 Å². The Labute approximate surface area is 162 Å². The summed E-state index contributed by atoms with van der Waals surface area (Å²) in [6.45, 7) is 5.42. The fourth-order valence-corrected chi connectivity index (χ4v) is 3.63. The Hall–Kier alpha value is -2.54. The average Bonchev–Trinajstić information content (AvgIpc) is 2.77. The predicted octanol–water partition coefficient (Wildman–Crippen LogP) is 4.83. The molecule has 0 atom stereocenters. The number of anilines is 2. The van der Waals surface area contributed by atoms with E-state index in [1.165, 1.54) is 6.07 Å². The molecule has 2 N–H and O–H groups in total. The van der Waals surface area contributed by atoms with Gasteiger partial charge in [-0.2, -0.15) is 13.2 Å². The van der Waals surface area contributed by atoms with Crippen LogP contribution in [-0.4, -0.2) is 36.9 Å². The lowest BCUT2D eigenvalue weighted by atomic mass is 10.1. The van der Waals surface area contributed by atoms with E-state index in [4.69, 9.17) is 4.99 Å². The van der Waals surface area contributed by atoms with Gasteiger partial charge in [-0.05, 0) is 56.6 Å². The summed E-state index contributed by atoms with van der Waals surface area (Å²) in [7, 11) is 0. The minimum absolute atomic E-state index is 0.314. The second kappa shape index (κ2) is 7.47. The summed E-state index contributed by atoms with van der Waals surface area (Å²) in [5.74, 6) is 0.730. The molecular weight excluding hydrogens is 365 g/mol. The fraction of sp³-hybridized carbons (Fsp3) is 0.381. The zero-order chi connectivity index (χ0) is 19.7. The number of hydrogen-bond acceptors (Lipinski definition) is 4. The second-order valence-corrected chi connectivity index (χ2v) is 7.28. The van der Waals surface area contributed by atoms with Crippen LogP contribution in [0.25, 0.3) is 0 Å². The number of aliphatic imine (C=N–C) groups is 1. The minimum Gasteiger partial charge on any atom is -0.355 e. The Bertz CT molecular complexity index is 897. The Kier molecular flexibility index (Phi) is 5.02. The van der Waals surface area contributed by atoms with Gasteiger partial charge in [0.15, 0.2) is 0 Å². The van der Waals surface area contributed by atoms with E-state index in [1.807, 2.05) is 25.1 Å². The van der Waals surface area contributed by atoms with Crippen molar-refractivity contribution in [2.45, 2.75) is 25.9 Å². The van der Waals surface area contributed by atoms with Gasteiger partial charge >= 0.3 is 6.18 Å². The van der Waals surface area contributed by atoms with E-state index in [1.54, 1.807) is 0 Å². The second-order valence-electron chi connectivity index (χ2n) is 7.28. The van der Waals surface area contributed by atoms with Crippen LogP contribution < -0.4 is 10.6 Å². The third-order valence-corrected chi connectivity index (χ3v) is 5.13. The smallest absolute Gasteiger partial charge is 0.355 e. The van der Waals surface area contributed by atoms with E-state index in [-0.39, 0.29) is 0 Å². The zero-order valence-corrected chi connectivity index (χ0v) is 15.7. The number of nitrogens with zero attached hydrogens (tertiary/aromatic N) is 2. The molecule has 0 amide bonds. The highest BCUT2D eigenvalue weighted by atomic mass is 19.4. The van der Waals surface area contributed by atoms with Crippen LogP contribution in [0.5, 0.6) is 0 Å². The number of fused-ring (bicyclic) bond motifs is 2. The zero-order valence-electron chi connectivity index (χ0n) is 15.7. The lowest BCUT2D eigenvalue weighted by Gasteiger charge is -2.29. The summed E-state index contributed by atoms with van der Waals surface area (Å²) < 4.78 is 39.7. The molecule has 0 saturated carbocycles. The molecule has 0 spiro atoms. The van der Waals surface area contributed by atoms with Crippen molar-refractivity contribution in [2.24, 2.45) is 4.99 Å².